The molecule has 0 aliphatic carbocycles. The second kappa shape index (κ2) is 10.1. The molecule has 0 radical (unpaired) electrons. The minimum Gasteiger partial charge on any atom is -0.384 e. The van der Waals surface area contributed by atoms with E-state index in [9.17, 15) is 9.90 Å². The zero-order chi connectivity index (χ0) is 30.8. The number of alkyl halides is 2. The van der Waals surface area contributed by atoms with Crippen LogP contribution >= 0.6 is 0 Å². The Hall–Kier alpha value is -3.98. The molecule has 0 fully saturated rings. The maximum absolute atomic E-state index is 16.1. The smallest absolute Gasteiger partial charge is 0.303 e. The first-order valence-corrected chi connectivity index (χ1v) is 14.0. The lowest BCUT2D eigenvalue weighted by atomic mass is 9.81. The summed E-state index contributed by atoms with van der Waals surface area (Å²) in [6, 6.07) is 16.0. The lowest BCUT2D eigenvalue weighted by Gasteiger charge is -2.34. The summed E-state index contributed by atoms with van der Waals surface area (Å²) in [6.07, 6.45) is 0.586. The van der Waals surface area contributed by atoms with Crippen molar-refractivity contribution in [2.45, 2.75) is 70.9 Å². The third kappa shape index (κ3) is 4.42. The van der Waals surface area contributed by atoms with E-state index in [2.05, 4.69) is 4.98 Å². The molecule has 220 valence electrons. The molecule has 6 nitrogen and oxygen atoms in total. The molecule has 1 aliphatic rings. The number of fused-ring (bicyclic) bond motifs is 2. The number of halogens is 3. The van der Waals surface area contributed by atoms with Crippen molar-refractivity contribution in [1.82, 2.24) is 9.97 Å². The lowest BCUT2D eigenvalue weighted by Crippen LogP contribution is -2.41. The number of anilines is 3. The van der Waals surface area contributed by atoms with Gasteiger partial charge in [0.05, 0.1) is 22.5 Å². The van der Waals surface area contributed by atoms with E-state index in [1.165, 1.54) is 12.1 Å². The number of aromatic nitrogens is 2. The Balaban J connectivity index is 1.78. The average molecular weight is 577 g/mol. The number of benzene rings is 3. The Morgan fingerprint density at radius 2 is 1.74 bits per heavy atom. The number of likely N-dealkylation sites (N-methyl/N-ethyl adjacent to an activating group) is 1. The molecule has 0 spiro atoms. The fourth-order valence-corrected chi connectivity index (χ4v) is 5.80. The highest BCUT2D eigenvalue weighted by atomic mass is 19.3. The van der Waals surface area contributed by atoms with Gasteiger partial charge in [0.15, 0.2) is 0 Å². The van der Waals surface area contributed by atoms with Crippen LogP contribution in [0.2, 0.25) is 0 Å². The molecule has 2 heterocycles. The standard InChI is InChI=1S/C33H35F3N4O2/c1-8-32(6)25-17-23-26(18-27(25)39(7)30(32)41)37-20(3)38-29(23)40(21-13-10-9-11-14-21)19(2)22-15-12-16-24(28(22)34)33(35,36)31(4,5)42/h9-19,42H,8H2,1-7H3/t19-,32-/m1/s1. The number of amides is 1. The molecule has 4 aromatic rings. The molecule has 0 unspecified atom stereocenters. The Bertz CT molecular complexity index is 1690. The molecule has 1 N–H and O–H groups in total. The van der Waals surface area contributed by atoms with Crippen LogP contribution in [0.15, 0.2) is 60.7 Å². The van der Waals surface area contributed by atoms with E-state index in [1.54, 1.807) is 30.7 Å². The van der Waals surface area contributed by atoms with Crippen LogP contribution in [0.5, 0.6) is 0 Å². The van der Waals surface area contributed by atoms with Gasteiger partial charge in [-0.25, -0.2) is 14.4 Å². The maximum atomic E-state index is 16.1. The Morgan fingerprint density at radius 1 is 1.07 bits per heavy atom. The van der Waals surface area contributed by atoms with Crippen molar-refractivity contribution in [3.05, 3.63) is 89.0 Å². The van der Waals surface area contributed by atoms with Gasteiger partial charge in [-0.1, -0.05) is 37.3 Å². The predicted octanol–water partition coefficient (Wildman–Crippen LogP) is 7.48. The number of rotatable bonds is 7. The van der Waals surface area contributed by atoms with Crippen molar-refractivity contribution in [3.8, 4) is 0 Å². The van der Waals surface area contributed by atoms with E-state index in [1.807, 2.05) is 56.3 Å². The topological polar surface area (TPSA) is 69.6 Å². The monoisotopic (exact) mass is 576 g/mol. The van der Waals surface area contributed by atoms with Gasteiger partial charge in [-0.05, 0) is 76.9 Å². The summed E-state index contributed by atoms with van der Waals surface area (Å²) in [5.74, 6) is -4.04. The van der Waals surface area contributed by atoms with Crippen LogP contribution < -0.4 is 9.80 Å². The third-order valence-electron chi connectivity index (χ3n) is 8.58. The largest absolute Gasteiger partial charge is 0.384 e. The van der Waals surface area contributed by atoms with Crippen LogP contribution in [0.4, 0.5) is 30.4 Å². The lowest BCUT2D eigenvalue weighted by molar-refractivity contribution is -0.170. The SMILES string of the molecule is CC[C@@]1(C)C(=O)N(C)c2cc3nc(C)nc(N(c4ccccc4)[C@H](C)c4cccc(C(F)(F)C(C)(C)O)c4F)c3cc21. The molecule has 3 aromatic carbocycles. The average Bonchev–Trinajstić information content (AvgIpc) is 3.12. The first-order chi connectivity index (χ1) is 19.6. The van der Waals surface area contributed by atoms with Crippen LogP contribution in [0.3, 0.4) is 0 Å². The zero-order valence-electron chi connectivity index (χ0n) is 24.8. The molecule has 2 atom stereocenters. The third-order valence-corrected chi connectivity index (χ3v) is 8.58. The van der Waals surface area contributed by atoms with Gasteiger partial charge in [-0.15, -0.1) is 0 Å². The molecule has 1 amide bonds. The van der Waals surface area contributed by atoms with E-state index >= 15 is 13.2 Å². The van der Waals surface area contributed by atoms with Gasteiger partial charge in [0.1, 0.15) is 23.1 Å². The Kier molecular flexibility index (Phi) is 7.08. The van der Waals surface area contributed by atoms with Crippen molar-refractivity contribution in [2.24, 2.45) is 0 Å². The molecular weight excluding hydrogens is 541 g/mol. The van der Waals surface area contributed by atoms with Gasteiger partial charge in [-0.3, -0.25) is 4.79 Å². The molecule has 0 saturated carbocycles. The van der Waals surface area contributed by atoms with Gasteiger partial charge in [0, 0.05) is 29.4 Å². The molecule has 1 aromatic heterocycles. The quantitative estimate of drug-likeness (QED) is 0.247. The number of nitrogens with zero attached hydrogens (tertiary/aromatic N) is 4. The second-order valence-electron chi connectivity index (χ2n) is 11.8. The Morgan fingerprint density at radius 3 is 2.36 bits per heavy atom. The first-order valence-electron chi connectivity index (χ1n) is 14.0. The van der Waals surface area contributed by atoms with E-state index in [4.69, 9.17) is 4.98 Å². The van der Waals surface area contributed by atoms with E-state index < -0.39 is 34.4 Å². The van der Waals surface area contributed by atoms with E-state index in [0.29, 0.717) is 34.7 Å². The second-order valence-corrected chi connectivity index (χ2v) is 11.8. The highest BCUT2D eigenvalue weighted by Crippen LogP contribution is 2.48. The van der Waals surface area contributed by atoms with Gasteiger partial charge < -0.3 is 14.9 Å². The summed E-state index contributed by atoms with van der Waals surface area (Å²) in [4.78, 5) is 26.2. The number of aryl methyl sites for hydroxylation is 1. The van der Waals surface area contributed by atoms with Crippen LogP contribution in [0.25, 0.3) is 10.9 Å². The summed E-state index contributed by atoms with van der Waals surface area (Å²) in [6.45, 7) is 9.27. The van der Waals surface area contributed by atoms with Crippen molar-refractivity contribution < 1.29 is 23.1 Å². The molecule has 5 rings (SSSR count). The summed E-state index contributed by atoms with van der Waals surface area (Å²) in [7, 11) is 1.75. The number of para-hydroxylation sites is 1. The summed E-state index contributed by atoms with van der Waals surface area (Å²) in [5, 5.41) is 10.8. The zero-order valence-corrected chi connectivity index (χ0v) is 24.8. The van der Waals surface area contributed by atoms with Gasteiger partial charge in [0.25, 0.3) is 0 Å². The fourth-order valence-electron chi connectivity index (χ4n) is 5.80. The van der Waals surface area contributed by atoms with E-state index in [0.717, 1.165) is 31.2 Å². The Labute approximate surface area is 243 Å². The summed E-state index contributed by atoms with van der Waals surface area (Å²) < 4.78 is 46.5. The maximum Gasteiger partial charge on any atom is 0.303 e. The fraction of sp³-hybridized carbons (Fsp3) is 0.364. The van der Waals surface area contributed by atoms with Crippen LogP contribution in [0.1, 0.15) is 69.6 Å². The van der Waals surface area contributed by atoms with E-state index in [-0.39, 0.29) is 11.5 Å². The van der Waals surface area contributed by atoms with Gasteiger partial charge in [0.2, 0.25) is 5.91 Å². The van der Waals surface area contributed by atoms with Crippen molar-refractivity contribution in [3.63, 3.8) is 0 Å². The molecule has 0 saturated heterocycles. The van der Waals surface area contributed by atoms with Crippen molar-refractivity contribution >= 4 is 34.0 Å². The molecule has 1 aliphatic heterocycles. The molecule has 9 heteroatoms. The summed E-state index contributed by atoms with van der Waals surface area (Å²) >= 11 is 0. The highest BCUT2D eigenvalue weighted by Gasteiger charge is 2.49. The minimum atomic E-state index is -3.84. The number of hydrogen-bond acceptors (Lipinski definition) is 5. The predicted molar refractivity (Wildman–Crippen MR) is 159 cm³/mol. The number of carbonyl (C=O) groups excluding carboxylic acids is 1. The number of aliphatic hydroxyl groups is 1. The van der Waals surface area contributed by atoms with Crippen LogP contribution in [-0.2, 0) is 16.1 Å². The normalized spacial score (nSPS) is 18.0. The first kappa shape index (κ1) is 29.5. The van der Waals surface area contributed by atoms with Gasteiger partial charge >= 0.3 is 5.92 Å². The summed E-state index contributed by atoms with van der Waals surface area (Å²) in [5.41, 5.74) is -1.21. The molecule has 42 heavy (non-hydrogen) atoms. The number of hydrogen-bond donors (Lipinski definition) is 1. The van der Waals surface area contributed by atoms with Crippen LogP contribution in [-0.4, -0.2) is 33.6 Å². The van der Waals surface area contributed by atoms with Crippen LogP contribution in [0, 0.1) is 12.7 Å². The van der Waals surface area contributed by atoms with Crippen molar-refractivity contribution in [2.75, 3.05) is 16.8 Å². The van der Waals surface area contributed by atoms with Gasteiger partial charge in [-0.2, -0.15) is 8.78 Å². The van der Waals surface area contributed by atoms with Crippen molar-refractivity contribution in [1.29, 1.82) is 0 Å². The minimum absolute atomic E-state index is 0.0126. The molecular formula is C33H35F3N4O2. The highest BCUT2D eigenvalue weighted by molar-refractivity contribution is 6.10. The molecule has 0 bridgehead atoms. The number of carbonyl (C=O) groups is 1.